The van der Waals surface area contributed by atoms with E-state index in [0.29, 0.717) is 46.5 Å². The Balaban J connectivity index is 1.95. The summed E-state index contributed by atoms with van der Waals surface area (Å²) in [6, 6.07) is 12.3. The summed E-state index contributed by atoms with van der Waals surface area (Å²) in [6.45, 7) is 5.17. The molecule has 29 heavy (non-hydrogen) atoms. The first-order chi connectivity index (χ1) is 13.9. The molecule has 152 valence electrons. The summed E-state index contributed by atoms with van der Waals surface area (Å²) in [5.41, 5.74) is 2.74. The van der Waals surface area contributed by atoms with Crippen molar-refractivity contribution in [2.75, 3.05) is 25.1 Å². The molecule has 1 N–H and O–H groups in total. The number of ether oxygens (including phenoxy) is 1. The average Bonchev–Trinajstić information content (AvgIpc) is 2.93. The minimum absolute atomic E-state index is 0.230. The molecule has 1 heterocycles. The van der Waals surface area contributed by atoms with Gasteiger partial charge in [-0.2, -0.15) is 0 Å². The summed E-state index contributed by atoms with van der Waals surface area (Å²) >= 11 is 12.2. The number of hydrogen-bond donors (Lipinski definition) is 1. The highest BCUT2D eigenvalue weighted by atomic mass is 35.5. The maximum Gasteiger partial charge on any atom is 0.278 e. The zero-order valence-electron chi connectivity index (χ0n) is 16.3. The van der Waals surface area contributed by atoms with E-state index in [0.717, 1.165) is 5.56 Å². The van der Waals surface area contributed by atoms with Gasteiger partial charge in [0, 0.05) is 35.5 Å². The Kier molecular flexibility index (Phi) is 6.96. The molecule has 2 amide bonds. The van der Waals surface area contributed by atoms with Crippen molar-refractivity contribution in [2.45, 2.75) is 20.3 Å². The molecule has 0 atom stereocenters. The highest BCUT2D eigenvalue weighted by Gasteiger charge is 2.38. The summed E-state index contributed by atoms with van der Waals surface area (Å²) in [5, 5.41) is 4.24. The number of nitrogens with zero attached hydrogens (tertiary/aromatic N) is 1. The van der Waals surface area contributed by atoms with E-state index in [-0.39, 0.29) is 24.1 Å². The number of rotatable bonds is 8. The molecular formula is C22H22Cl2N2O3. The van der Waals surface area contributed by atoms with Crippen LogP contribution in [0.15, 0.2) is 48.2 Å². The molecular weight excluding hydrogens is 411 g/mol. The van der Waals surface area contributed by atoms with Gasteiger partial charge in [-0.1, -0.05) is 41.4 Å². The van der Waals surface area contributed by atoms with Gasteiger partial charge in [0.25, 0.3) is 11.8 Å². The number of carbonyl (C=O) groups excluding carboxylic acids is 2. The van der Waals surface area contributed by atoms with Crippen LogP contribution in [0.25, 0.3) is 5.57 Å². The smallest absolute Gasteiger partial charge is 0.278 e. The monoisotopic (exact) mass is 432 g/mol. The third kappa shape index (κ3) is 4.81. The fourth-order valence-corrected chi connectivity index (χ4v) is 3.37. The quantitative estimate of drug-likeness (QED) is 0.474. The third-order valence-corrected chi connectivity index (χ3v) is 5.28. The number of amides is 2. The molecule has 0 spiro atoms. The average molecular weight is 433 g/mol. The molecule has 0 saturated carbocycles. The Morgan fingerprint density at radius 1 is 1.03 bits per heavy atom. The van der Waals surface area contributed by atoms with Gasteiger partial charge in [0.05, 0.1) is 5.57 Å². The van der Waals surface area contributed by atoms with Gasteiger partial charge in [0.2, 0.25) is 0 Å². The maximum atomic E-state index is 13.1. The lowest BCUT2D eigenvalue weighted by molar-refractivity contribution is -0.137. The van der Waals surface area contributed by atoms with Crippen LogP contribution >= 0.6 is 23.2 Å². The number of carbonyl (C=O) groups is 2. The van der Waals surface area contributed by atoms with Crippen LogP contribution in [-0.2, 0) is 14.3 Å². The zero-order valence-corrected chi connectivity index (χ0v) is 17.8. The number of nitrogens with one attached hydrogen (secondary N) is 1. The Morgan fingerprint density at radius 3 is 2.41 bits per heavy atom. The largest absolute Gasteiger partial charge is 0.382 e. The van der Waals surface area contributed by atoms with Crippen molar-refractivity contribution in [3.05, 3.63) is 69.3 Å². The predicted octanol–water partition coefficient (Wildman–Crippen LogP) is 4.92. The molecule has 3 rings (SSSR count). The first-order valence-corrected chi connectivity index (χ1v) is 10.1. The van der Waals surface area contributed by atoms with Crippen LogP contribution in [0.2, 0.25) is 10.0 Å². The minimum Gasteiger partial charge on any atom is -0.382 e. The summed E-state index contributed by atoms with van der Waals surface area (Å²) in [4.78, 5) is 27.4. The van der Waals surface area contributed by atoms with Crippen LogP contribution in [0.4, 0.5) is 5.69 Å². The molecule has 0 bridgehead atoms. The van der Waals surface area contributed by atoms with Crippen LogP contribution < -0.4 is 5.32 Å². The van der Waals surface area contributed by atoms with Crippen LogP contribution in [-0.4, -0.2) is 36.5 Å². The van der Waals surface area contributed by atoms with Crippen LogP contribution in [0, 0.1) is 6.92 Å². The van der Waals surface area contributed by atoms with Crippen molar-refractivity contribution >= 4 is 46.3 Å². The van der Waals surface area contributed by atoms with Gasteiger partial charge in [-0.3, -0.25) is 14.5 Å². The molecule has 7 heteroatoms. The lowest BCUT2D eigenvalue weighted by atomic mass is 10.0. The Morgan fingerprint density at radius 2 is 1.76 bits per heavy atom. The molecule has 0 unspecified atom stereocenters. The summed E-state index contributed by atoms with van der Waals surface area (Å²) in [7, 11) is 0. The van der Waals surface area contributed by atoms with E-state index in [2.05, 4.69) is 5.32 Å². The molecule has 0 radical (unpaired) electrons. The lowest BCUT2D eigenvalue weighted by Crippen LogP contribution is -2.34. The van der Waals surface area contributed by atoms with E-state index in [1.54, 1.807) is 30.3 Å². The Hall–Kier alpha value is -2.34. The molecule has 0 saturated heterocycles. The Bertz CT molecular complexity index is 955. The van der Waals surface area contributed by atoms with Crippen molar-refractivity contribution in [3.8, 4) is 0 Å². The summed E-state index contributed by atoms with van der Waals surface area (Å²) < 4.78 is 5.33. The SMILES string of the molecule is CCOCCCN1C(=O)C(Nc2ccc(C)c(Cl)c2)=C(c2ccc(Cl)cc2)C1=O. The minimum atomic E-state index is -0.367. The van der Waals surface area contributed by atoms with Crippen molar-refractivity contribution in [1.82, 2.24) is 4.90 Å². The summed E-state index contributed by atoms with van der Waals surface area (Å²) in [5.74, 6) is -0.706. The standard InChI is InChI=1S/C22H22Cl2N2O3/c1-3-29-12-4-11-26-21(27)19(15-6-8-16(23)9-7-15)20(22(26)28)25-17-10-5-14(2)18(24)13-17/h5-10,13,25H,3-4,11-12H2,1-2H3. The second kappa shape index (κ2) is 9.44. The molecule has 1 aliphatic rings. The molecule has 0 fully saturated rings. The Labute approximate surface area is 180 Å². The number of hydrogen-bond acceptors (Lipinski definition) is 4. The molecule has 2 aromatic rings. The molecule has 0 aromatic heterocycles. The normalized spacial score (nSPS) is 14.1. The first-order valence-electron chi connectivity index (χ1n) is 9.39. The number of halogens is 2. The van der Waals surface area contributed by atoms with E-state index in [9.17, 15) is 9.59 Å². The maximum absolute atomic E-state index is 13.1. The van der Waals surface area contributed by atoms with Gasteiger partial charge in [-0.25, -0.2) is 0 Å². The van der Waals surface area contributed by atoms with Gasteiger partial charge in [0.1, 0.15) is 5.70 Å². The number of aryl methyl sites for hydroxylation is 1. The van der Waals surface area contributed by atoms with Crippen molar-refractivity contribution in [3.63, 3.8) is 0 Å². The zero-order chi connectivity index (χ0) is 21.0. The van der Waals surface area contributed by atoms with E-state index in [1.165, 1.54) is 4.90 Å². The first kappa shape index (κ1) is 21.4. The van der Waals surface area contributed by atoms with Crippen molar-refractivity contribution in [2.24, 2.45) is 0 Å². The predicted molar refractivity (Wildman–Crippen MR) is 116 cm³/mol. The van der Waals surface area contributed by atoms with Crippen molar-refractivity contribution < 1.29 is 14.3 Å². The highest BCUT2D eigenvalue weighted by molar-refractivity contribution is 6.37. The van der Waals surface area contributed by atoms with Crippen LogP contribution in [0.5, 0.6) is 0 Å². The third-order valence-electron chi connectivity index (χ3n) is 4.62. The lowest BCUT2D eigenvalue weighted by Gasteiger charge is -2.15. The van der Waals surface area contributed by atoms with Gasteiger partial charge < -0.3 is 10.1 Å². The van der Waals surface area contributed by atoms with Crippen LogP contribution in [0.3, 0.4) is 0 Å². The topological polar surface area (TPSA) is 58.6 Å². The van der Waals surface area contributed by atoms with Gasteiger partial charge >= 0.3 is 0 Å². The second-order valence-electron chi connectivity index (χ2n) is 6.66. The van der Waals surface area contributed by atoms with E-state index < -0.39 is 0 Å². The molecule has 1 aliphatic heterocycles. The number of imide groups is 1. The molecule has 2 aromatic carbocycles. The number of benzene rings is 2. The summed E-state index contributed by atoms with van der Waals surface area (Å²) in [6.07, 6.45) is 0.572. The van der Waals surface area contributed by atoms with Crippen LogP contribution in [0.1, 0.15) is 24.5 Å². The van der Waals surface area contributed by atoms with Crippen molar-refractivity contribution in [1.29, 1.82) is 0 Å². The molecule has 0 aliphatic carbocycles. The van der Waals surface area contributed by atoms with Gasteiger partial charge in [-0.05, 0) is 55.7 Å². The molecule has 5 nitrogen and oxygen atoms in total. The fourth-order valence-electron chi connectivity index (χ4n) is 3.06. The van der Waals surface area contributed by atoms with Gasteiger partial charge in [-0.15, -0.1) is 0 Å². The highest BCUT2D eigenvalue weighted by Crippen LogP contribution is 2.32. The number of anilines is 1. The van der Waals surface area contributed by atoms with Gasteiger partial charge in [0.15, 0.2) is 0 Å². The second-order valence-corrected chi connectivity index (χ2v) is 7.50. The van der Waals surface area contributed by atoms with E-state index in [1.807, 2.05) is 26.0 Å². The fraction of sp³-hybridized carbons (Fsp3) is 0.273. The van der Waals surface area contributed by atoms with E-state index >= 15 is 0 Å². The van der Waals surface area contributed by atoms with E-state index in [4.69, 9.17) is 27.9 Å².